The third-order valence-electron chi connectivity index (χ3n) is 2.71. The maximum atomic E-state index is 4.50. The molecule has 1 radical (unpaired) electrons. The molecule has 2 aliphatic carbocycles. The van der Waals surface area contributed by atoms with Gasteiger partial charge >= 0.3 is 0 Å². The Morgan fingerprint density at radius 3 is 1.88 bits per heavy atom. The van der Waals surface area contributed by atoms with Crippen LogP contribution in [0.25, 0.3) is 0 Å². The van der Waals surface area contributed by atoms with Gasteiger partial charge in [0.05, 0.1) is 0 Å². The van der Waals surface area contributed by atoms with Crippen molar-refractivity contribution in [2.24, 2.45) is 23.1 Å². The number of nitrogens with two attached hydrogens (primary N) is 3. The monoisotopic (exact) mass is 240 g/mol. The second-order valence-electron chi connectivity index (χ2n) is 3.48. The van der Waals surface area contributed by atoms with Crippen LogP contribution in [0.1, 0.15) is 32.1 Å². The van der Waals surface area contributed by atoms with Gasteiger partial charge in [0.1, 0.15) is 0 Å². The normalized spacial score (nSPS) is 17.6. The summed E-state index contributed by atoms with van der Waals surface area (Å²) in [5.41, 5.74) is 15.1. The largest absolute Gasteiger partial charge is 0.333 e. The Morgan fingerprint density at radius 1 is 0.941 bits per heavy atom. The molecule has 6 N–H and O–H groups in total. The zero-order valence-corrected chi connectivity index (χ0v) is 11.7. The highest BCUT2D eigenvalue weighted by atomic mass is 14.4. The maximum Gasteiger partial charge on any atom is -0.0160 e. The summed E-state index contributed by atoms with van der Waals surface area (Å²) in [5.74, 6) is 0.888. The molecule has 0 heterocycles. The van der Waals surface area contributed by atoms with Crippen molar-refractivity contribution in [1.29, 1.82) is 0 Å². The van der Waals surface area contributed by atoms with Gasteiger partial charge in [-0.25, -0.2) is 0 Å². The fourth-order valence-electron chi connectivity index (χ4n) is 2.04. The van der Waals surface area contributed by atoms with E-state index in [1.807, 2.05) is 0 Å². The SMILES string of the molecule is CN.CN.CN.[CH]1CCC(C2=CCC=C2)CC1. The molecule has 0 aromatic rings. The fourth-order valence-corrected chi connectivity index (χ4v) is 2.04. The van der Waals surface area contributed by atoms with E-state index in [4.69, 9.17) is 0 Å². The second-order valence-corrected chi connectivity index (χ2v) is 3.48. The molecule has 0 aliphatic heterocycles. The second kappa shape index (κ2) is 15.4. The van der Waals surface area contributed by atoms with Crippen LogP contribution in [0, 0.1) is 12.3 Å². The molecule has 3 nitrogen and oxygen atoms in total. The summed E-state index contributed by atoms with van der Waals surface area (Å²) in [6.07, 6.45) is 16.0. The molecule has 0 amide bonds. The molecule has 101 valence electrons. The standard InChI is InChI=1S/C11H15.3CH5N/c1-2-6-10(7-3-1)11-8-4-5-9-11;3*1-2/h1,4,8-10H,2-3,5-7H2;3*2H2,1H3. The lowest BCUT2D eigenvalue weighted by Gasteiger charge is -2.21. The van der Waals surface area contributed by atoms with Crippen molar-refractivity contribution in [3.63, 3.8) is 0 Å². The van der Waals surface area contributed by atoms with Gasteiger partial charge in [0.15, 0.2) is 0 Å². The van der Waals surface area contributed by atoms with Crippen LogP contribution >= 0.6 is 0 Å². The average Bonchev–Trinajstić information content (AvgIpc) is 3.01. The predicted octanol–water partition coefficient (Wildman–Crippen LogP) is 1.99. The van der Waals surface area contributed by atoms with E-state index in [-0.39, 0.29) is 0 Å². The number of hydrogen-bond donors (Lipinski definition) is 3. The van der Waals surface area contributed by atoms with Gasteiger partial charge in [0.2, 0.25) is 0 Å². The number of allylic oxidation sites excluding steroid dienone is 4. The third-order valence-corrected chi connectivity index (χ3v) is 2.71. The molecule has 0 bridgehead atoms. The molecular formula is C14H30N3. The van der Waals surface area contributed by atoms with Crippen molar-refractivity contribution in [1.82, 2.24) is 0 Å². The molecule has 2 rings (SSSR count). The van der Waals surface area contributed by atoms with E-state index in [1.54, 1.807) is 5.57 Å². The summed E-state index contributed by atoms with van der Waals surface area (Å²) in [7, 11) is 4.50. The van der Waals surface area contributed by atoms with Gasteiger partial charge < -0.3 is 17.2 Å². The van der Waals surface area contributed by atoms with Crippen molar-refractivity contribution in [3.05, 3.63) is 30.2 Å². The summed E-state index contributed by atoms with van der Waals surface area (Å²) in [6, 6.07) is 0. The smallest absolute Gasteiger partial charge is 0.0160 e. The van der Waals surface area contributed by atoms with Crippen LogP contribution in [-0.4, -0.2) is 21.1 Å². The zero-order valence-electron chi connectivity index (χ0n) is 11.7. The van der Waals surface area contributed by atoms with Crippen LogP contribution < -0.4 is 17.2 Å². The van der Waals surface area contributed by atoms with E-state index in [0.29, 0.717) is 0 Å². The van der Waals surface area contributed by atoms with Crippen molar-refractivity contribution in [2.75, 3.05) is 21.1 Å². The minimum Gasteiger partial charge on any atom is -0.333 e. The van der Waals surface area contributed by atoms with Crippen molar-refractivity contribution in [3.8, 4) is 0 Å². The lowest BCUT2D eigenvalue weighted by atomic mass is 9.84. The third kappa shape index (κ3) is 8.13. The molecule has 0 unspecified atom stereocenters. The van der Waals surface area contributed by atoms with Gasteiger partial charge in [-0.3, -0.25) is 0 Å². The van der Waals surface area contributed by atoms with Crippen molar-refractivity contribution >= 4 is 0 Å². The molecule has 1 fully saturated rings. The van der Waals surface area contributed by atoms with E-state index in [0.717, 1.165) is 5.92 Å². The Bertz CT molecular complexity index is 192. The van der Waals surface area contributed by atoms with Crippen LogP contribution in [0.15, 0.2) is 23.8 Å². The Hall–Kier alpha value is -0.640. The van der Waals surface area contributed by atoms with Crippen LogP contribution in [0.3, 0.4) is 0 Å². The first-order valence-corrected chi connectivity index (χ1v) is 6.38. The highest BCUT2D eigenvalue weighted by molar-refractivity contribution is 5.28. The lowest BCUT2D eigenvalue weighted by Crippen LogP contribution is -2.07. The van der Waals surface area contributed by atoms with E-state index >= 15 is 0 Å². The predicted molar refractivity (Wildman–Crippen MR) is 78.4 cm³/mol. The summed E-state index contributed by atoms with van der Waals surface area (Å²) in [5, 5.41) is 0. The quantitative estimate of drug-likeness (QED) is 0.656. The van der Waals surface area contributed by atoms with Crippen molar-refractivity contribution in [2.45, 2.75) is 32.1 Å². The minimum absolute atomic E-state index is 0.888. The van der Waals surface area contributed by atoms with E-state index < -0.39 is 0 Å². The number of hydrogen-bond acceptors (Lipinski definition) is 3. The highest BCUT2D eigenvalue weighted by Gasteiger charge is 2.16. The molecule has 0 aromatic heterocycles. The summed E-state index contributed by atoms with van der Waals surface area (Å²) >= 11 is 0. The molecule has 2 aliphatic rings. The molecular weight excluding hydrogens is 210 g/mol. The van der Waals surface area contributed by atoms with Crippen LogP contribution in [0.5, 0.6) is 0 Å². The van der Waals surface area contributed by atoms with Gasteiger partial charge in [-0.05, 0) is 71.2 Å². The summed E-state index contributed by atoms with van der Waals surface area (Å²) in [6.45, 7) is 0. The lowest BCUT2D eigenvalue weighted by molar-refractivity contribution is 0.469. The van der Waals surface area contributed by atoms with E-state index in [1.165, 1.54) is 53.2 Å². The minimum atomic E-state index is 0.888. The molecule has 17 heavy (non-hydrogen) atoms. The first-order chi connectivity index (χ1) is 8.47. The summed E-state index contributed by atoms with van der Waals surface area (Å²) < 4.78 is 0. The van der Waals surface area contributed by atoms with Gasteiger partial charge in [0, 0.05) is 0 Å². The molecule has 3 heteroatoms. The molecule has 0 saturated heterocycles. The maximum absolute atomic E-state index is 4.50. The topological polar surface area (TPSA) is 78.1 Å². The first kappa shape index (κ1) is 18.7. The van der Waals surface area contributed by atoms with Crippen LogP contribution in [0.4, 0.5) is 0 Å². The highest BCUT2D eigenvalue weighted by Crippen LogP contribution is 2.31. The Balaban J connectivity index is 0. The van der Waals surface area contributed by atoms with Crippen LogP contribution in [-0.2, 0) is 0 Å². The summed E-state index contributed by atoms with van der Waals surface area (Å²) in [4.78, 5) is 0. The Morgan fingerprint density at radius 2 is 1.47 bits per heavy atom. The molecule has 1 saturated carbocycles. The first-order valence-electron chi connectivity index (χ1n) is 6.38. The molecule has 0 aromatic carbocycles. The Labute approximate surface area is 107 Å². The molecule has 0 spiro atoms. The van der Waals surface area contributed by atoms with Gasteiger partial charge in [-0.15, -0.1) is 0 Å². The number of rotatable bonds is 1. The van der Waals surface area contributed by atoms with E-state index in [2.05, 4.69) is 41.8 Å². The van der Waals surface area contributed by atoms with Gasteiger partial charge in [0.25, 0.3) is 0 Å². The Kier molecular flexibility index (Phi) is 16.9. The molecule has 0 atom stereocenters. The average molecular weight is 240 g/mol. The van der Waals surface area contributed by atoms with Crippen LogP contribution in [0.2, 0.25) is 0 Å². The zero-order chi connectivity index (χ0) is 13.5. The van der Waals surface area contributed by atoms with Gasteiger partial charge in [-0.1, -0.05) is 18.2 Å². The van der Waals surface area contributed by atoms with Crippen molar-refractivity contribution < 1.29 is 0 Å². The van der Waals surface area contributed by atoms with E-state index in [9.17, 15) is 0 Å². The van der Waals surface area contributed by atoms with Gasteiger partial charge in [-0.2, -0.15) is 0 Å². The fraction of sp³-hybridized carbons (Fsp3) is 0.643.